The lowest BCUT2D eigenvalue weighted by atomic mass is 10.3. The standard InChI is InChI=1S/C14H23BrN2O2S/c1-3-7-16(8-9-18)11-14(19)17(4-2)10-12-5-6-13(15)20-12/h5-6,18H,3-4,7-11H2,1-2H3. The van der Waals surface area contributed by atoms with Gasteiger partial charge in [-0.1, -0.05) is 6.92 Å². The topological polar surface area (TPSA) is 43.8 Å². The SMILES string of the molecule is CCCN(CCO)CC(=O)N(CC)Cc1ccc(Br)s1. The first-order chi connectivity index (χ1) is 9.60. The number of hydrogen-bond donors (Lipinski definition) is 1. The van der Waals surface area contributed by atoms with Gasteiger partial charge < -0.3 is 10.0 Å². The number of likely N-dealkylation sites (N-methyl/N-ethyl adjacent to an activating group) is 1. The Labute approximate surface area is 133 Å². The third kappa shape index (κ3) is 5.91. The van der Waals surface area contributed by atoms with Crippen LogP contribution < -0.4 is 0 Å². The first kappa shape index (κ1) is 17.6. The molecule has 20 heavy (non-hydrogen) atoms. The van der Waals surface area contributed by atoms with E-state index in [1.807, 2.05) is 28.9 Å². The molecule has 0 atom stereocenters. The van der Waals surface area contributed by atoms with Gasteiger partial charge in [-0.2, -0.15) is 0 Å². The van der Waals surface area contributed by atoms with Crippen LogP contribution in [0.25, 0.3) is 0 Å². The van der Waals surface area contributed by atoms with Gasteiger partial charge in [0.2, 0.25) is 5.91 Å². The van der Waals surface area contributed by atoms with E-state index in [1.165, 1.54) is 4.88 Å². The molecule has 1 heterocycles. The van der Waals surface area contributed by atoms with Crippen molar-refractivity contribution >= 4 is 33.2 Å². The summed E-state index contributed by atoms with van der Waals surface area (Å²) in [5.41, 5.74) is 0. The molecule has 0 spiro atoms. The molecule has 0 bridgehead atoms. The molecule has 0 aliphatic rings. The molecule has 0 fully saturated rings. The fourth-order valence-corrected chi connectivity index (χ4v) is 3.52. The van der Waals surface area contributed by atoms with Gasteiger partial charge in [0.15, 0.2) is 0 Å². The number of rotatable bonds is 9. The first-order valence-corrected chi connectivity index (χ1v) is 8.56. The van der Waals surface area contributed by atoms with E-state index in [1.54, 1.807) is 11.3 Å². The van der Waals surface area contributed by atoms with Crippen LogP contribution in [0, 0.1) is 0 Å². The molecule has 6 heteroatoms. The van der Waals surface area contributed by atoms with Crippen LogP contribution in [-0.4, -0.2) is 53.6 Å². The Morgan fingerprint density at radius 1 is 1.35 bits per heavy atom. The minimum absolute atomic E-state index is 0.0945. The second-order valence-electron chi connectivity index (χ2n) is 4.61. The average molecular weight is 363 g/mol. The largest absolute Gasteiger partial charge is 0.395 e. The highest BCUT2D eigenvalue weighted by atomic mass is 79.9. The van der Waals surface area contributed by atoms with Crippen molar-refractivity contribution in [2.24, 2.45) is 0 Å². The van der Waals surface area contributed by atoms with Crippen molar-refractivity contribution in [2.45, 2.75) is 26.8 Å². The highest BCUT2D eigenvalue weighted by molar-refractivity contribution is 9.11. The Morgan fingerprint density at radius 3 is 2.60 bits per heavy atom. The molecule has 1 aromatic heterocycles. The van der Waals surface area contributed by atoms with E-state index in [2.05, 4.69) is 22.9 Å². The zero-order chi connectivity index (χ0) is 15.0. The minimum Gasteiger partial charge on any atom is -0.395 e. The van der Waals surface area contributed by atoms with E-state index >= 15 is 0 Å². The lowest BCUT2D eigenvalue weighted by Gasteiger charge is -2.25. The molecule has 0 radical (unpaired) electrons. The highest BCUT2D eigenvalue weighted by Gasteiger charge is 2.16. The second-order valence-corrected chi connectivity index (χ2v) is 7.16. The zero-order valence-corrected chi connectivity index (χ0v) is 14.5. The number of carbonyl (C=O) groups is 1. The highest BCUT2D eigenvalue weighted by Crippen LogP contribution is 2.23. The van der Waals surface area contributed by atoms with Crippen LogP contribution in [0.3, 0.4) is 0 Å². The van der Waals surface area contributed by atoms with E-state index in [0.717, 1.165) is 16.8 Å². The molecule has 0 aromatic carbocycles. The van der Waals surface area contributed by atoms with Crippen molar-refractivity contribution in [3.8, 4) is 0 Å². The zero-order valence-electron chi connectivity index (χ0n) is 12.1. The normalized spacial score (nSPS) is 11.1. The van der Waals surface area contributed by atoms with Crippen LogP contribution in [0.4, 0.5) is 0 Å². The number of aliphatic hydroxyl groups is 1. The van der Waals surface area contributed by atoms with Crippen molar-refractivity contribution < 1.29 is 9.90 Å². The number of carbonyl (C=O) groups excluding carboxylic acids is 1. The molecule has 4 nitrogen and oxygen atoms in total. The summed E-state index contributed by atoms with van der Waals surface area (Å²) in [5.74, 6) is 0.124. The van der Waals surface area contributed by atoms with Crippen molar-refractivity contribution in [3.05, 3.63) is 20.8 Å². The van der Waals surface area contributed by atoms with Gasteiger partial charge in [-0.15, -0.1) is 11.3 Å². The molecule has 0 saturated carbocycles. The van der Waals surface area contributed by atoms with Crippen LogP contribution in [0.15, 0.2) is 15.9 Å². The Hall–Kier alpha value is -0.430. The molecule has 0 aliphatic carbocycles. The number of hydrogen-bond acceptors (Lipinski definition) is 4. The number of halogens is 1. The van der Waals surface area contributed by atoms with Gasteiger partial charge in [0, 0.05) is 18.0 Å². The van der Waals surface area contributed by atoms with E-state index in [4.69, 9.17) is 5.11 Å². The minimum atomic E-state index is 0.0945. The first-order valence-electron chi connectivity index (χ1n) is 6.95. The van der Waals surface area contributed by atoms with Gasteiger partial charge in [-0.05, 0) is 48.0 Å². The molecule has 0 saturated heterocycles. The Kier molecular flexibility index (Phi) is 8.37. The van der Waals surface area contributed by atoms with Crippen LogP contribution in [0.5, 0.6) is 0 Å². The van der Waals surface area contributed by atoms with Crippen molar-refractivity contribution in [1.29, 1.82) is 0 Å². The van der Waals surface area contributed by atoms with E-state index < -0.39 is 0 Å². The molecule has 0 unspecified atom stereocenters. The van der Waals surface area contributed by atoms with E-state index in [9.17, 15) is 4.79 Å². The molecule has 0 aliphatic heterocycles. The lowest BCUT2D eigenvalue weighted by Crippen LogP contribution is -2.41. The lowest BCUT2D eigenvalue weighted by molar-refractivity contribution is -0.132. The van der Waals surface area contributed by atoms with Crippen LogP contribution in [0.2, 0.25) is 0 Å². The van der Waals surface area contributed by atoms with Gasteiger partial charge in [-0.25, -0.2) is 0 Å². The maximum absolute atomic E-state index is 12.3. The summed E-state index contributed by atoms with van der Waals surface area (Å²) >= 11 is 5.10. The van der Waals surface area contributed by atoms with Gasteiger partial charge in [0.05, 0.1) is 23.5 Å². The Morgan fingerprint density at radius 2 is 2.10 bits per heavy atom. The van der Waals surface area contributed by atoms with E-state index in [0.29, 0.717) is 26.2 Å². The number of amides is 1. The maximum Gasteiger partial charge on any atom is 0.237 e. The van der Waals surface area contributed by atoms with Gasteiger partial charge in [0.1, 0.15) is 0 Å². The van der Waals surface area contributed by atoms with Crippen molar-refractivity contribution in [3.63, 3.8) is 0 Å². The van der Waals surface area contributed by atoms with Gasteiger partial charge in [0.25, 0.3) is 0 Å². The summed E-state index contributed by atoms with van der Waals surface area (Å²) in [6.07, 6.45) is 0.983. The van der Waals surface area contributed by atoms with Crippen LogP contribution in [0.1, 0.15) is 25.1 Å². The number of aliphatic hydroxyl groups excluding tert-OH is 1. The predicted octanol–water partition coefficient (Wildman–Crippen LogP) is 2.56. The Bertz CT molecular complexity index is 406. The Balaban J connectivity index is 2.56. The number of nitrogens with zero attached hydrogens (tertiary/aromatic N) is 2. The summed E-state index contributed by atoms with van der Waals surface area (Å²) in [6, 6.07) is 4.05. The molecule has 1 amide bonds. The van der Waals surface area contributed by atoms with Crippen molar-refractivity contribution in [1.82, 2.24) is 9.80 Å². The molecule has 114 valence electrons. The fourth-order valence-electron chi connectivity index (χ4n) is 2.02. The predicted molar refractivity (Wildman–Crippen MR) is 86.9 cm³/mol. The van der Waals surface area contributed by atoms with Gasteiger partial charge >= 0.3 is 0 Å². The molecular weight excluding hydrogens is 340 g/mol. The van der Waals surface area contributed by atoms with Crippen LogP contribution >= 0.6 is 27.3 Å². The second kappa shape index (κ2) is 9.50. The molecule has 1 aromatic rings. The summed E-state index contributed by atoms with van der Waals surface area (Å²) in [5, 5.41) is 9.04. The fraction of sp³-hybridized carbons (Fsp3) is 0.643. The summed E-state index contributed by atoms with van der Waals surface area (Å²) < 4.78 is 1.09. The summed E-state index contributed by atoms with van der Waals surface area (Å²) in [6.45, 7) is 7.31. The van der Waals surface area contributed by atoms with Crippen molar-refractivity contribution in [2.75, 3.05) is 32.8 Å². The average Bonchev–Trinajstić information content (AvgIpc) is 2.82. The third-order valence-electron chi connectivity index (χ3n) is 3.02. The molecule has 1 N–H and O–H groups in total. The summed E-state index contributed by atoms with van der Waals surface area (Å²) in [4.78, 5) is 17.4. The van der Waals surface area contributed by atoms with E-state index in [-0.39, 0.29) is 12.5 Å². The molecular formula is C14H23BrN2O2S. The third-order valence-corrected chi connectivity index (χ3v) is 4.63. The smallest absolute Gasteiger partial charge is 0.237 e. The quantitative estimate of drug-likeness (QED) is 0.733. The molecule has 1 rings (SSSR count). The summed E-state index contributed by atoms with van der Waals surface area (Å²) in [7, 11) is 0. The monoisotopic (exact) mass is 362 g/mol. The maximum atomic E-state index is 12.3. The van der Waals surface area contributed by atoms with Gasteiger partial charge in [-0.3, -0.25) is 9.69 Å². The van der Waals surface area contributed by atoms with Crippen LogP contribution in [-0.2, 0) is 11.3 Å². The number of thiophene rings is 1.